The summed E-state index contributed by atoms with van der Waals surface area (Å²) in [7, 11) is 0. The second-order valence-corrected chi connectivity index (χ2v) is 5.93. The van der Waals surface area contributed by atoms with E-state index in [4.69, 9.17) is 10.5 Å². The largest absolute Gasteiger partial charge is 0.378 e. The van der Waals surface area contributed by atoms with Crippen LogP contribution in [-0.2, 0) is 11.2 Å². The number of hydrogen-bond acceptors (Lipinski definition) is 2. The summed E-state index contributed by atoms with van der Waals surface area (Å²) in [5, 5.41) is 3.14. The van der Waals surface area contributed by atoms with E-state index in [-0.39, 0.29) is 0 Å². The highest BCUT2D eigenvalue weighted by atomic mass is 16.5. The SMILES string of the molecule is CCc1cccc(NC(N)=NCCCOC2CCCCC2)c1. The number of aryl methyl sites for hydroxylation is 1. The van der Waals surface area contributed by atoms with E-state index in [2.05, 4.69) is 29.4 Å². The van der Waals surface area contributed by atoms with Crippen molar-refractivity contribution in [3.8, 4) is 0 Å². The number of aliphatic imine (C=N–C) groups is 1. The third-order valence-corrected chi connectivity index (χ3v) is 4.10. The first kappa shape index (κ1) is 16.8. The number of benzene rings is 1. The van der Waals surface area contributed by atoms with Crippen molar-refractivity contribution < 1.29 is 4.74 Å². The van der Waals surface area contributed by atoms with E-state index < -0.39 is 0 Å². The summed E-state index contributed by atoms with van der Waals surface area (Å²) in [5.74, 6) is 0.478. The van der Waals surface area contributed by atoms with Crippen LogP contribution in [0.3, 0.4) is 0 Å². The maximum atomic E-state index is 5.92. The second kappa shape index (κ2) is 9.46. The van der Waals surface area contributed by atoms with Crippen LogP contribution >= 0.6 is 0 Å². The van der Waals surface area contributed by atoms with E-state index in [9.17, 15) is 0 Å². The van der Waals surface area contributed by atoms with E-state index in [1.165, 1.54) is 37.7 Å². The molecule has 1 aromatic rings. The lowest BCUT2D eigenvalue weighted by atomic mass is 9.98. The number of nitrogens with two attached hydrogens (primary N) is 1. The van der Waals surface area contributed by atoms with Gasteiger partial charge in [-0.2, -0.15) is 0 Å². The van der Waals surface area contributed by atoms with Gasteiger partial charge >= 0.3 is 0 Å². The Morgan fingerprint density at radius 1 is 1.32 bits per heavy atom. The number of nitrogens with zero attached hydrogens (tertiary/aromatic N) is 1. The molecule has 1 saturated carbocycles. The van der Waals surface area contributed by atoms with Crippen LogP contribution in [0.1, 0.15) is 51.0 Å². The number of rotatable bonds is 7. The zero-order chi connectivity index (χ0) is 15.6. The van der Waals surface area contributed by atoms with E-state index in [0.717, 1.165) is 25.1 Å². The summed E-state index contributed by atoms with van der Waals surface area (Å²) < 4.78 is 5.88. The summed E-state index contributed by atoms with van der Waals surface area (Å²) in [4.78, 5) is 4.36. The minimum Gasteiger partial charge on any atom is -0.378 e. The van der Waals surface area contributed by atoms with Gasteiger partial charge in [0.2, 0.25) is 0 Å². The topological polar surface area (TPSA) is 59.6 Å². The fraction of sp³-hybridized carbons (Fsp3) is 0.611. The number of guanidine groups is 1. The monoisotopic (exact) mass is 303 g/mol. The molecule has 1 aliphatic carbocycles. The number of ether oxygens (including phenoxy) is 1. The quantitative estimate of drug-likeness (QED) is 0.458. The van der Waals surface area contributed by atoms with Crippen molar-refractivity contribution in [2.24, 2.45) is 10.7 Å². The first-order valence-electron chi connectivity index (χ1n) is 8.55. The Balaban J connectivity index is 1.64. The molecule has 0 atom stereocenters. The van der Waals surface area contributed by atoms with Crippen LogP contribution in [0, 0.1) is 0 Å². The summed E-state index contributed by atoms with van der Waals surface area (Å²) in [6.45, 7) is 3.63. The Kier molecular flexibility index (Phi) is 7.23. The summed E-state index contributed by atoms with van der Waals surface area (Å²) in [6.07, 6.45) is 8.86. The van der Waals surface area contributed by atoms with Gasteiger partial charge in [-0.15, -0.1) is 0 Å². The predicted molar refractivity (Wildman–Crippen MR) is 93.4 cm³/mol. The number of anilines is 1. The van der Waals surface area contributed by atoms with Crippen molar-refractivity contribution in [3.63, 3.8) is 0 Å². The van der Waals surface area contributed by atoms with Crippen molar-refractivity contribution in [3.05, 3.63) is 29.8 Å². The Morgan fingerprint density at radius 2 is 2.14 bits per heavy atom. The molecular formula is C18H29N3O. The molecule has 1 fully saturated rings. The average Bonchev–Trinajstić information content (AvgIpc) is 2.55. The molecule has 1 aliphatic rings. The first-order valence-corrected chi connectivity index (χ1v) is 8.55. The van der Waals surface area contributed by atoms with E-state index in [1.54, 1.807) is 0 Å². The lowest BCUT2D eigenvalue weighted by Crippen LogP contribution is -2.23. The third kappa shape index (κ3) is 6.06. The second-order valence-electron chi connectivity index (χ2n) is 5.93. The molecule has 0 amide bonds. The number of nitrogens with one attached hydrogen (secondary N) is 1. The summed E-state index contributed by atoms with van der Waals surface area (Å²) in [6, 6.07) is 8.26. The van der Waals surface area contributed by atoms with Crippen molar-refractivity contribution in [1.82, 2.24) is 0 Å². The first-order chi connectivity index (χ1) is 10.8. The van der Waals surface area contributed by atoms with Crippen molar-refractivity contribution >= 4 is 11.6 Å². The van der Waals surface area contributed by atoms with Crippen LogP contribution < -0.4 is 11.1 Å². The van der Waals surface area contributed by atoms with Gasteiger partial charge in [-0.1, -0.05) is 38.3 Å². The van der Waals surface area contributed by atoms with Gasteiger partial charge in [0, 0.05) is 18.8 Å². The van der Waals surface area contributed by atoms with Gasteiger partial charge in [-0.25, -0.2) is 0 Å². The minimum absolute atomic E-state index is 0.477. The maximum absolute atomic E-state index is 5.92. The van der Waals surface area contributed by atoms with Crippen LogP contribution in [0.4, 0.5) is 5.69 Å². The molecule has 4 nitrogen and oxygen atoms in total. The molecular weight excluding hydrogens is 274 g/mol. The molecule has 2 rings (SSSR count). The van der Waals surface area contributed by atoms with Gasteiger partial charge in [-0.05, 0) is 43.4 Å². The molecule has 0 heterocycles. The fourth-order valence-corrected chi connectivity index (χ4v) is 2.80. The summed E-state index contributed by atoms with van der Waals surface area (Å²) in [5.41, 5.74) is 8.21. The van der Waals surface area contributed by atoms with Crippen molar-refractivity contribution in [2.45, 2.75) is 58.0 Å². The fourth-order valence-electron chi connectivity index (χ4n) is 2.80. The number of hydrogen-bond donors (Lipinski definition) is 2. The molecule has 0 aromatic heterocycles. The molecule has 0 aliphatic heterocycles. The molecule has 4 heteroatoms. The highest BCUT2D eigenvalue weighted by Gasteiger charge is 2.12. The predicted octanol–water partition coefficient (Wildman–Crippen LogP) is 3.72. The van der Waals surface area contributed by atoms with Gasteiger partial charge < -0.3 is 15.8 Å². The highest BCUT2D eigenvalue weighted by molar-refractivity contribution is 5.92. The standard InChI is InChI=1S/C18H29N3O/c1-2-15-8-6-9-16(14-15)21-18(19)20-12-7-13-22-17-10-4-3-5-11-17/h6,8-9,14,17H,2-5,7,10-13H2,1H3,(H3,19,20,21). The Labute approximate surface area is 134 Å². The van der Waals surface area contributed by atoms with Gasteiger partial charge in [0.1, 0.15) is 0 Å². The average molecular weight is 303 g/mol. The molecule has 0 radical (unpaired) electrons. The molecule has 122 valence electrons. The van der Waals surface area contributed by atoms with Crippen molar-refractivity contribution in [1.29, 1.82) is 0 Å². The Hall–Kier alpha value is -1.55. The van der Waals surface area contributed by atoms with E-state index in [1.807, 2.05) is 12.1 Å². The molecule has 1 aromatic carbocycles. The van der Waals surface area contributed by atoms with Gasteiger partial charge in [0.25, 0.3) is 0 Å². The summed E-state index contributed by atoms with van der Waals surface area (Å²) >= 11 is 0. The zero-order valence-corrected chi connectivity index (χ0v) is 13.7. The van der Waals surface area contributed by atoms with E-state index >= 15 is 0 Å². The zero-order valence-electron chi connectivity index (χ0n) is 13.7. The van der Waals surface area contributed by atoms with Crippen LogP contribution in [0.25, 0.3) is 0 Å². The lowest BCUT2D eigenvalue weighted by Gasteiger charge is -2.21. The van der Waals surface area contributed by atoms with Crippen LogP contribution in [0.15, 0.2) is 29.3 Å². The normalized spacial score (nSPS) is 16.7. The molecule has 0 bridgehead atoms. The lowest BCUT2D eigenvalue weighted by molar-refractivity contribution is 0.0281. The van der Waals surface area contributed by atoms with Crippen molar-refractivity contribution in [2.75, 3.05) is 18.5 Å². The molecule has 3 N–H and O–H groups in total. The molecule has 0 unspecified atom stereocenters. The van der Waals surface area contributed by atoms with Gasteiger partial charge in [0.05, 0.1) is 6.10 Å². The van der Waals surface area contributed by atoms with E-state index in [0.29, 0.717) is 18.6 Å². The highest BCUT2D eigenvalue weighted by Crippen LogP contribution is 2.20. The van der Waals surface area contributed by atoms with Crippen LogP contribution in [0.5, 0.6) is 0 Å². The minimum atomic E-state index is 0.477. The molecule has 22 heavy (non-hydrogen) atoms. The Bertz CT molecular complexity index is 467. The maximum Gasteiger partial charge on any atom is 0.193 e. The smallest absolute Gasteiger partial charge is 0.193 e. The van der Waals surface area contributed by atoms with Gasteiger partial charge in [0.15, 0.2) is 5.96 Å². The third-order valence-electron chi connectivity index (χ3n) is 4.10. The van der Waals surface area contributed by atoms with Crippen LogP contribution in [0.2, 0.25) is 0 Å². The van der Waals surface area contributed by atoms with Gasteiger partial charge in [-0.3, -0.25) is 4.99 Å². The Morgan fingerprint density at radius 3 is 2.91 bits per heavy atom. The van der Waals surface area contributed by atoms with Crippen LogP contribution in [-0.4, -0.2) is 25.2 Å². The molecule has 0 saturated heterocycles. The molecule has 0 spiro atoms.